The smallest absolute Gasteiger partial charge is 0.352 e. The second kappa shape index (κ2) is 8.23. The van der Waals surface area contributed by atoms with Crippen molar-refractivity contribution in [2.75, 3.05) is 12.4 Å². The number of fused-ring (bicyclic) bond motifs is 2. The van der Waals surface area contributed by atoms with E-state index in [-0.39, 0.29) is 12.3 Å². The highest BCUT2D eigenvalue weighted by Gasteiger charge is 2.55. The summed E-state index contributed by atoms with van der Waals surface area (Å²) < 4.78 is 11.4. The molecule has 3 heterocycles. The first kappa shape index (κ1) is 20.4. The summed E-state index contributed by atoms with van der Waals surface area (Å²) in [7, 11) is 0. The fourth-order valence-corrected chi connectivity index (χ4v) is 5.55. The van der Waals surface area contributed by atoms with E-state index in [1.54, 1.807) is 24.3 Å². The minimum atomic E-state index is -1.17. The number of carboxylic acid groups (broad SMARTS) is 1. The summed E-state index contributed by atoms with van der Waals surface area (Å²) in [6.07, 6.45) is 0.139. The van der Waals surface area contributed by atoms with Crippen LogP contribution >= 0.6 is 11.8 Å². The number of rotatable bonds is 6. The van der Waals surface area contributed by atoms with Crippen LogP contribution in [-0.4, -0.2) is 57.7 Å². The number of para-hydroxylation sites is 2. The zero-order valence-corrected chi connectivity index (χ0v) is 17.7. The Morgan fingerprint density at radius 3 is 2.66 bits per heavy atom. The van der Waals surface area contributed by atoms with Gasteiger partial charge < -0.3 is 19.9 Å². The van der Waals surface area contributed by atoms with E-state index in [1.165, 1.54) is 16.7 Å². The van der Waals surface area contributed by atoms with Gasteiger partial charge in [-0.2, -0.15) is 0 Å². The number of benzene rings is 2. The van der Waals surface area contributed by atoms with Crippen LogP contribution in [0.3, 0.4) is 0 Å². The molecule has 3 aliphatic heterocycles. The van der Waals surface area contributed by atoms with E-state index >= 15 is 0 Å². The summed E-state index contributed by atoms with van der Waals surface area (Å²) in [5, 5.41) is 12.1. The first-order valence-corrected chi connectivity index (χ1v) is 11.2. The number of thioether (sulfide) groups is 1. The molecule has 32 heavy (non-hydrogen) atoms. The Bertz CT molecular complexity index is 1090. The normalized spacial score (nSPS) is 23.6. The number of nitrogens with zero attached hydrogens (tertiary/aromatic N) is 1. The van der Waals surface area contributed by atoms with Crippen LogP contribution in [0.1, 0.15) is 5.56 Å². The second-order valence-corrected chi connectivity index (χ2v) is 8.76. The lowest BCUT2D eigenvalue weighted by molar-refractivity contribution is -0.151. The molecule has 0 radical (unpaired) electrons. The van der Waals surface area contributed by atoms with Crippen LogP contribution in [0.25, 0.3) is 0 Å². The van der Waals surface area contributed by atoms with Gasteiger partial charge in [-0.05, 0) is 23.8 Å². The molecule has 1 fully saturated rings. The molecule has 0 bridgehead atoms. The largest absolute Gasteiger partial charge is 0.485 e. The van der Waals surface area contributed by atoms with Crippen molar-refractivity contribution in [2.24, 2.45) is 0 Å². The second-order valence-electron chi connectivity index (χ2n) is 7.65. The molecule has 3 atom stereocenters. The fraction of sp³-hybridized carbons (Fsp3) is 0.261. The Morgan fingerprint density at radius 1 is 1.16 bits per heavy atom. The van der Waals surface area contributed by atoms with Gasteiger partial charge in [0.15, 0.2) is 6.61 Å². The van der Waals surface area contributed by atoms with Gasteiger partial charge >= 0.3 is 5.97 Å². The Balaban J connectivity index is 1.28. The number of carboxylic acids is 1. The van der Waals surface area contributed by atoms with Gasteiger partial charge in [-0.15, -0.1) is 11.8 Å². The number of ether oxygens (including phenoxy) is 2. The van der Waals surface area contributed by atoms with Crippen molar-refractivity contribution in [1.82, 2.24) is 10.2 Å². The quantitative estimate of drug-likeness (QED) is 0.644. The highest BCUT2D eigenvalue weighted by Crippen LogP contribution is 2.43. The minimum absolute atomic E-state index is 0.0393. The number of β-lactam (4-membered cyclic amide) rings is 1. The molecule has 8 nitrogen and oxygen atoms in total. The highest BCUT2D eigenvalue weighted by molar-refractivity contribution is 8.00. The maximum absolute atomic E-state index is 12.8. The molecule has 0 saturated carbocycles. The first-order chi connectivity index (χ1) is 15.5. The van der Waals surface area contributed by atoms with Gasteiger partial charge in [0.2, 0.25) is 0 Å². The Labute approximate surface area is 188 Å². The van der Waals surface area contributed by atoms with Crippen molar-refractivity contribution >= 4 is 29.5 Å². The highest BCUT2D eigenvalue weighted by atomic mass is 32.2. The average molecular weight is 452 g/mol. The van der Waals surface area contributed by atoms with Crippen LogP contribution in [0.5, 0.6) is 11.5 Å². The monoisotopic (exact) mass is 452 g/mol. The Hall–Kier alpha value is -3.46. The van der Waals surface area contributed by atoms with Gasteiger partial charge in [0.25, 0.3) is 11.8 Å². The fourth-order valence-electron chi connectivity index (χ4n) is 4.15. The first-order valence-electron chi connectivity index (χ1n) is 10.2. The van der Waals surface area contributed by atoms with E-state index in [2.05, 4.69) is 5.32 Å². The average Bonchev–Trinajstić information content (AvgIpc) is 3.25. The summed E-state index contributed by atoms with van der Waals surface area (Å²) in [6, 6.07) is 15.7. The van der Waals surface area contributed by atoms with Gasteiger partial charge in [-0.3, -0.25) is 14.5 Å². The molecule has 0 aliphatic carbocycles. The maximum atomic E-state index is 12.8. The molecule has 0 spiro atoms. The number of hydrogen-bond acceptors (Lipinski definition) is 6. The van der Waals surface area contributed by atoms with Gasteiger partial charge in [0.05, 0.1) is 0 Å². The van der Waals surface area contributed by atoms with E-state index in [4.69, 9.17) is 9.47 Å². The predicted octanol–water partition coefficient (Wildman–Crippen LogP) is 1.81. The third-order valence-electron chi connectivity index (χ3n) is 5.67. The molecule has 0 unspecified atom stereocenters. The van der Waals surface area contributed by atoms with Gasteiger partial charge in [-0.1, -0.05) is 36.4 Å². The maximum Gasteiger partial charge on any atom is 0.352 e. The van der Waals surface area contributed by atoms with Crippen LogP contribution < -0.4 is 14.8 Å². The molecule has 0 aromatic heterocycles. The van der Waals surface area contributed by atoms with Crippen molar-refractivity contribution in [3.63, 3.8) is 0 Å². The lowest BCUT2D eigenvalue weighted by Gasteiger charge is -2.49. The summed E-state index contributed by atoms with van der Waals surface area (Å²) in [6.45, 7) is -0.230. The third-order valence-corrected chi connectivity index (χ3v) is 6.97. The zero-order chi connectivity index (χ0) is 22.2. The molecular formula is C23H20N2O6S. The summed E-state index contributed by atoms with van der Waals surface area (Å²) in [5.41, 5.74) is 1.56. The molecule has 1 saturated heterocycles. The van der Waals surface area contributed by atoms with E-state index in [9.17, 15) is 19.5 Å². The standard InChI is InChI=1S/C23H20N2O6S/c26-18(11-30-14-7-2-1-3-8-14)24-19-21(27)25-20(23(28)29)15(12-32-22(19)25)17-10-13-6-4-5-9-16(13)31-17/h1-9,17,19,22H,10-12H2,(H,24,26)(H,28,29)/t17-,19-,22-/m1/s1. The summed E-state index contributed by atoms with van der Waals surface area (Å²) >= 11 is 1.42. The summed E-state index contributed by atoms with van der Waals surface area (Å²) in [5.74, 6) is -0.360. The number of nitrogens with one attached hydrogen (secondary N) is 1. The topological polar surface area (TPSA) is 105 Å². The number of aliphatic carboxylic acids is 1. The van der Waals surface area contributed by atoms with E-state index in [0.717, 1.165) is 11.3 Å². The van der Waals surface area contributed by atoms with E-state index in [0.29, 0.717) is 23.5 Å². The SMILES string of the molecule is O=C(COc1ccccc1)N[C@@H]1C(=O)N2C(C(=O)O)=C([C@H]3Cc4ccccc4O3)CS[C@H]12. The van der Waals surface area contributed by atoms with Crippen LogP contribution in [0.2, 0.25) is 0 Å². The number of carbonyl (C=O) groups excluding carboxylic acids is 2. The molecule has 9 heteroatoms. The Morgan fingerprint density at radius 2 is 1.91 bits per heavy atom. The van der Waals surface area contributed by atoms with Crippen LogP contribution in [0.4, 0.5) is 0 Å². The molecular weight excluding hydrogens is 432 g/mol. The van der Waals surface area contributed by atoms with Crippen molar-refractivity contribution in [2.45, 2.75) is 23.9 Å². The molecule has 2 amide bonds. The van der Waals surface area contributed by atoms with E-state index in [1.807, 2.05) is 30.3 Å². The summed E-state index contributed by atoms with van der Waals surface area (Å²) in [4.78, 5) is 38.5. The van der Waals surface area contributed by atoms with E-state index < -0.39 is 35.3 Å². The molecule has 5 rings (SSSR count). The van der Waals surface area contributed by atoms with Crippen LogP contribution in [0, 0.1) is 0 Å². The number of amides is 2. The Kier molecular flexibility index (Phi) is 5.26. The van der Waals surface area contributed by atoms with Crippen molar-refractivity contribution in [1.29, 1.82) is 0 Å². The van der Waals surface area contributed by atoms with Gasteiger partial charge in [-0.25, -0.2) is 4.79 Å². The lowest BCUT2D eigenvalue weighted by atomic mass is 9.98. The lowest BCUT2D eigenvalue weighted by Crippen LogP contribution is -2.71. The van der Waals surface area contributed by atoms with Crippen LogP contribution in [-0.2, 0) is 20.8 Å². The minimum Gasteiger partial charge on any atom is -0.485 e. The molecule has 3 aliphatic rings. The molecule has 2 N–H and O–H groups in total. The molecule has 2 aromatic rings. The number of hydrogen-bond donors (Lipinski definition) is 2. The van der Waals surface area contributed by atoms with Gasteiger partial charge in [0.1, 0.15) is 34.7 Å². The van der Waals surface area contributed by atoms with Crippen molar-refractivity contribution < 1.29 is 29.0 Å². The van der Waals surface area contributed by atoms with Crippen molar-refractivity contribution in [3.8, 4) is 11.5 Å². The zero-order valence-electron chi connectivity index (χ0n) is 16.9. The molecule has 164 valence electrons. The number of carbonyl (C=O) groups is 3. The predicted molar refractivity (Wildman–Crippen MR) is 116 cm³/mol. The third kappa shape index (κ3) is 3.58. The molecule has 2 aromatic carbocycles. The van der Waals surface area contributed by atoms with Crippen molar-refractivity contribution in [3.05, 3.63) is 71.4 Å². The van der Waals surface area contributed by atoms with Crippen LogP contribution in [0.15, 0.2) is 65.9 Å². The van der Waals surface area contributed by atoms with Gasteiger partial charge in [0, 0.05) is 17.7 Å².